The number of amides is 1. The van der Waals surface area contributed by atoms with Gasteiger partial charge in [-0.25, -0.2) is 18.4 Å². The highest BCUT2D eigenvalue weighted by Gasteiger charge is 2.32. The summed E-state index contributed by atoms with van der Waals surface area (Å²) in [6.45, 7) is 4.17. The smallest absolute Gasteiger partial charge is 0.413 e. The van der Waals surface area contributed by atoms with E-state index in [9.17, 15) is 23.5 Å². The molecule has 39 heavy (non-hydrogen) atoms. The highest BCUT2D eigenvalue weighted by Crippen LogP contribution is 2.34. The number of nitrogens with one attached hydrogen (secondary N) is 1. The molecule has 0 aliphatic carbocycles. The summed E-state index contributed by atoms with van der Waals surface area (Å²) < 4.78 is 41.5. The van der Waals surface area contributed by atoms with E-state index in [1.54, 1.807) is 44.4 Å². The molecule has 0 bridgehead atoms. The number of carbonyl (C=O) groups is 2. The van der Waals surface area contributed by atoms with Crippen molar-refractivity contribution >= 4 is 17.9 Å². The third-order valence-corrected chi connectivity index (χ3v) is 6.11. The van der Waals surface area contributed by atoms with E-state index in [-0.39, 0.29) is 5.56 Å². The number of carboxylic acid groups (broad SMARTS) is 1. The van der Waals surface area contributed by atoms with Crippen molar-refractivity contribution in [3.63, 3.8) is 0 Å². The predicted molar refractivity (Wildman–Crippen MR) is 141 cm³/mol. The second-order valence-corrected chi connectivity index (χ2v) is 9.38. The Kier molecular flexibility index (Phi) is 7.66. The molecular formula is C29H27F2N3O5. The lowest BCUT2D eigenvalue weighted by Crippen LogP contribution is -2.38. The van der Waals surface area contributed by atoms with Gasteiger partial charge in [-0.05, 0) is 55.2 Å². The van der Waals surface area contributed by atoms with Crippen molar-refractivity contribution in [1.82, 2.24) is 9.78 Å². The van der Waals surface area contributed by atoms with Crippen molar-refractivity contribution in [1.29, 1.82) is 0 Å². The molecule has 1 amide bonds. The third-order valence-electron chi connectivity index (χ3n) is 6.11. The number of hydrogen-bond donors (Lipinski definition) is 2. The molecular weight excluding hydrogens is 508 g/mol. The Morgan fingerprint density at radius 2 is 1.56 bits per heavy atom. The highest BCUT2D eigenvalue weighted by atomic mass is 19.1. The molecule has 3 aromatic carbocycles. The van der Waals surface area contributed by atoms with E-state index in [1.165, 1.54) is 18.5 Å². The quantitative estimate of drug-likeness (QED) is 0.264. The number of aromatic nitrogens is 2. The Morgan fingerprint density at radius 1 is 0.974 bits per heavy atom. The van der Waals surface area contributed by atoms with Gasteiger partial charge in [-0.2, -0.15) is 5.10 Å². The molecule has 1 heterocycles. The van der Waals surface area contributed by atoms with Crippen molar-refractivity contribution in [2.24, 2.45) is 7.05 Å². The fraction of sp³-hybridized carbons (Fsp3) is 0.207. The van der Waals surface area contributed by atoms with Gasteiger partial charge in [0, 0.05) is 12.6 Å². The topological polar surface area (TPSA) is 103 Å². The van der Waals surface area contributed by atoms with Gasteiger partial charge >= 0.3 is 12.1 Å². The van der Waals surface area contributed by atoms with Crippen LogP contribution in [0.15, 0.2) is 72.9 Å². The minimum Gasteiger partial charge on any atom is -0.478 e. The largest absolute Gasteiger partial charge is 0.478 e. The molecule has 0 aliphatic heterocycles. The lowest BCUT2D eigenvalue weighted by Gasteiger charge is -2.22. The molecule has 202 valence electrons. The fourth-order valence-electron chi connectivity index (χ4n) is 3.84. The third kappa shape index (κ3) is 6.06. The standard InChI is InChI=1S/C29H27F2N3O5/c1-17(18-8-6-5-7-9-18)38-28(37)33-26-22(16-32-34(26)4)20-12-10-19(11-13-20)21-14-23(30)25(24(31)15-21)39-29(2,3)27(35)36/h5-17H,1-4H3,(H,33,37)(H,35,36)/t17-/m1/s1. The first kappa shape index (κ1) is 27.3. The maximum atomic E-state index is 14.7. The van der Waals surface area contributed by atoms with E-state index in [2.05, 4.69) is 10.4 Å². The maximum Gasteiger partial charge on any atom is 0.413 e. The van der Waals surface area contributed by atoms with Crippen molar-refractivity contribution in [3.8, 4) is 28.0 Å². The number of benzene rings is 3. The van der Waals surface area contributed by atoms with Gasteiger partial charge in [0.15, 0.2) is 23.0 Å². The first-order valence-corrected chi connectivity index (χ1v) is 12.0. The summed E-state index contributed by atoms with van der Waals surface area (Å²) in [6, 6.07) is 18.3. The molecule has 0 saturated carbocycles. The maximum absolute atomic E-state index is 14.7. The van der Waals surface area contributed by atoms with Crippen molar-refractivity contribution in [2.75, 3.05) is 5.32 Å². The molecule has 2 N–H and O–H groups in total. The van der Waals surface area contributed by atoms with E-state index in [0.29, 0.717) is 22.5 Å². The number of aryl methyl sites for hydroxylation is 1. The molecule has 0 unspecified atom stereocenters. The van der Waals surface area contributed by atoms with Gasteiger partial charge in [0.2, 0.25) is 0 Å². The van der Waals surface area contributed by atoms with Crippen molar-refractivity contribution in [3.05, 3.63) is 90.1 Å². The van der Waals surface area contributed by atoms with Crippen LogP contribution in [0.1, 0.15) is 32.4 Å². The molecule has 0 aliphatic rings. The Bertz CT molecular complexity index is 1480. The van der Waals surface area contributed by atoms with Gasteiger partial charge in [-0.3, -0.25) is 10.00 Å². The predicted octanol–water partition coefficient (Wildman–Crippen LogP) is 6.58. The highest BCUT2D eigenvalue weighted by molar-refractivity contribution is 5.90. The lowest BCUT2D eigenvalue weighted by molar-refractivity contribution is -0.152. The first-order chi connectivity index (χ1) is 18.5. The summed E-state index contributed by atoms with van der Waals surface area (Å²) in [5.74, 6) is -3.75. The zero-order valence-electron chi connectivity index (χ0n) is 21.7. The van der Waals surface area contributed by atoms with E-state index in [1.807, 2.05) is 30.3 Å². The van der Waals surface area contributed by atoms with Crippen LogP contribution in [0, 0.1) is 11.6 Å². The Balaban J connectivity index is 1.52. The molecule has 10 heteroatoms. The summed E-state index contributed by atoms with van der Waals surface area (Å²) in [4.78, 5) is 23.9. The van der Waals surface area contributed by atoms with E-state index in [4.69, 9.17) is 9.47 Å². The molecule has 4 aromatic rings. The number of carboxylic acids is 1. The van der Waals surface area contributed by atoms with Crippen LogP contribution in [0.5, 0.6) is 5.75 Å². The van der Waals surface area contributed by atoms with Gasteiger partial charge in [-0.1, -0.05) is 54.6 Å². The molecule has 1 atom stereocenters. The number of carbonyl (C=O) groups excluding carboxylic acids is 1. The van der Waals surface area contributed by atoms with Crippen LogP contribution in [0.25, 0.3) is 22.3 Å². The average molecular weight is 536 g/mol. The molecule has 1 aromatic heterocycles. The Hall–Kier alpha value is -4.73. The number of nitrogens with zero attached hydrogens (tertiary/aromatic N) is 2. The minimum absolute atomic E-state index is 0.236. The number of ether oxygens (including phenoxy) is 2. The van der Waals surface area contributed by atoms with Crippen LogP contribution in [0.3, 0.4) is 0 Å². The van der Waals surface area contributed by atoms with E-state index < -0.39 is 41.2 Å². The number of hydrogen-bond acceptors (Lipinski definition) is 5. The number of aliphatic carboxylic acids is 1. The van der Waals surface area contributed by atoms with E-state index >= 15 is 0 Å². The summed E-state index contributed by atoms with van der Waals surface area (Å²) >= 11 is 0. The second kappa shape index (κ2) is 10.9. The fourth-order valence-corrected chi connectivity index (χ4v) is 3.84. The Morgan fingerprint density at radius 3 is 2.15 bits per heavy atom. The van der Waals surface area contributed by atoms with Crippen LogP contribution in [0.4, 0.5) is 19.4 Å². The normalized spacial score (nSPS) is 12.1. The molecule has 0 spiro atoms. The molecule has 4 rings (SSSR count). The van der Waals surface area contributed by atoms with Crippen molar-refractivity contribution < 1.29 is 33.0 Å². The number of rotatable bonds is 8. The van der Waals surface area contributed by atoms with E-state index in [0.717, 1.165) is 17.7 Å². The number of anilines is 1. The summed E-state index contributed by atoms with van der Waals surface area (Å²) in [5, 5.41) is 16.2. The average Bonchev–Trinajstić information content (AvgIpc) is 3.26. The van der Waals surface area contributed by atoms with Gasteiger partial charge in [0.25, 0.3) is 0 Å². The zero-order chi connectivity index (χ0) is 28.3. The summed E-state index contributed by atoms with van der Waals surface area (Å²) in [5.41, 5.74) is 1.10. The lowest BCUT2D eigenvalue weighted by atomic mass is 10.0. The second-order valence-electron chi connectivity index (χ2n) is 9.38. The SMILES string of the molecule is C[C@@H](OC(=O)Nc1c(-c2ccc(-c3cc(F)c(OC(C)(C)C(=O)O)c(F)c3)cc2)cnn1C)c1ccccc1. The van der Waals surface area contributed by atoms with Crippen molar-refractivity contribution in [2.45, 2.75) is 32.5 Å². The minimum atomic E-state index is -1.81. The molecule has 0 saturated heterocycles. The van der Waals surface area contributed by atoms with Gasteiger partial charge in [0.05, 0.1) is 6.20 Å². The van der Waals surface area contributed by atoms with Crippen LogP contribution in [0.2, 0.25) is 0 Å². The molecule has 0 radical (unpaired) electrons. The monoisotopic (exact) mass is 535 g/mol. The first-order valence-electron chi connectivity index (χ1n) is 12.0. The summed E-state index contributed by atoms with van der Waals surface area (Å²) in [6.07, 6.45) is 0.475. The van der Waals surface area contributed by atoms with Gasteiger partial charge < -0.3 is 14.6 Å². The number of halogens is 2. The van der Waals surface area contributed by atoms with Crippen LogP contribution >= 0.6 is 0 Å². The van der Waals surface area contributed by atoms with Crippen LogP contribution in [-0.4, -0.2) is 32.6 Å². The Labute approximate surface area is 223 Å². The van der Waals surface area contributed by atoms with Crippen LogP contribution < -0.4 is 10.1 Å². The zero-order valence-corrected chi connectivity index (χ0v) is 21.7. The summed E-state index contributed by atoms with van der Waals surface area (Å²) in [7, 11) is 1.68. The van der Waals surface area contributed by atoms with Gasteiger partial charge in [-0.15, -0.1) is 0 Å². The van der Waals surface area contributed by atoms with Gasteiger partial charge in [0.1, 0.15) is 11.9 Å². The van der Waals surface area contributed by atoms with Crippen LogP contribution in [-0.2, 0) is 16.6 Å². The molecule has 8 nitrogen and oxygen atoms in total. The molecule has 0 fully saturated rings.